The monoisotopic (exact) mass is 361 g/mol. The highest BCUT2D eigenvalue weighted by Crippen LogP contribution is 2.37. The quantitative estimate of drug-likeness (QED) is 0.756. The lowest BCUT2D eigenvalue weighted by atomic mass is 10.1. The Kier molecular flexibility index (Phi) is 4.59. The molecular formula is C22H20FN3O. The van der Waals surface area contributed by atoms with E-state index in [9.17, 15) is 9.18 Å². The molecule has 1 atom stereocenters. The third kappa shape index (κ3) is 3.53. The zero-order chi connectivity index (χ0) is 18.8. The van der Waals surface area contributed by atoms with Crippen LogP contribution in [-0.4, -0.2) is 16.9 Å². The number of aromatic nitrogens is 1. The molecule has 2 aromatic carbocycles. The molecular weight excluding hydrogens is 341 g/mol. The highest BCUT2D eigenvalue weighted by molar-refractivity contribution is 5.95. The molecule has 0 aliphatic carbocycles. The maximum atomic E-state index is 13.0. The van der Waals surface area contributed by atoms with E-state index in [1.54, 1.807) is 24.5 Å². The molecule has 5 heteroatoms. The Hall–Kier alpha value is -3.21. The molecule has 2 heterocycles. The molecule has 1 aliphatic rings. The number of para-hydroxylation sites is 1. The van der Waals surface area contributed by atoms with Gasteiger partial charge in [-0.05, 0) is 48.7 Å². The molecule has 4 nitrogen and oxygen atoms in total. The van der Waals surface area contributed by atoms with E-state index in [-0.39, 0.29) is 11.7 Å². The van der Waals surface area contributed by atoms with Crippen molar-refractivity contribution in [2.24, 2.45) is 0 Å². The summed E-state index contributed by atoms with van der Waals surface area (Å²) >= 11 is 0. The fraction of sp³-hybridized carbons (Fsp3) is 0.182. The summed E-state index contributed by atoms with van der Waals surface area (Å²) in [6.45, 7) is 2.51. The molecule has 0 radical (unpaired) electrons. The van der Waals surface area contributed by atoms with Crippen molar-refractivity contribution in [2.45, 2.75) is 25.9 Å². The number of nitrogens with one attached hydrogen (secondary N) is 1. The molecule has 4 rings (SSSR count). The number of amides is 1. The van der Waals surface area contributed by atoms with E-state index in [0.717, 1.165) is 23.4 Å². The molecule has 0 bridgehead atoms. The van der Waals surface area contributed by atoms with Crippen molar-refractivity contribution in [3.05, 3.63) is 89.5 Å². The number of anilines is 2. The Morgan fingerprint density at radius 1 is 1.19 bits per heavy atom. The highest BCUT2D eigenvalue weighted by Gasteiger charge is 2.27. The molecule has 0 saturated heterocycles. The van der Waals surface area contributed by atoms with Crippen molar-refractivity contribution >= 4 is 17.3 Å². The van der Waals surface area contributed by atoms with Crippen LogP contribution in [-0.2, 0) is 13.0 Å². The number of benzene rings is 2. The van der Waals surface area contributed by atoms with Gasteiger partial charge in [-0.2, -0.15) is 0 Å². The van der Waals surface area contributed by atoms with Gasteiger partial charge in [0.1, 0.15) is 5.82 Å². The van der Waals surface area contributed by atoms with E-state index in [1.807, 2.05) is 18.2 Å². The summed E-state index contributed by atoms with van der Waals surface area (Å²) in [4.78, 5) is 19.0. The topological polar surface area (TPSA) is 45.2 Å². The van der Waals surface area contributed by atoms with Gasteiger partial charge in [0.15, 0.2) is 0 Å². The molecule has 1 aliphatic heterocycles. The van der Waals surface area contributed by atoms with Crippen molar-refractivity contribution in [1.29, 1.82) is 0 Å². The van der Waals surface area contributed by atoms with Crippen LogP contribution in [0, 0.1) is 5.82 Å². The molecule has 0 fully saturated rings. The van der Waals surface area contributed by atoms with Gasteiger partial charge in [-0.3, -0.25) is 9.78 Å². The van der Waals surface area contributed by atoms with E-state index >= 15 is 0 Å². The minimum atomic E-state index is -0.290. The van der Waals surface area contributed by atoms with Crippen molar-refractivity contribution in [1.82, 2.24) is 10.3 Å². The Morgan fingerprint density at radius 3 is 2.78 bits per heavy atom. The number of carbonyl (C=O) groups excluding carboxylic acids is 1. The summed E-state index contributed by atoms with van der Waals surface area (Å²) in [6, 6.07) is 16.6. The zero-order valence-electron chi connectivity index (χ0n) is 15.0. The maximum Gasteiger partial charge on any atom is 0.253 e. The SMILES string of the molecule is CC1Cc2ccccc2N1c1cncc(C(=O)NCc2ccc(F)cc2)c1. The van der Waals surface area contributed by atoms with Crippen LogP contribution in [0.25, 0.3) is 0 Å². The highest BCUT2D eigenvalue weighted by atomic mass is 19.1. The second kappa shape index (κ2) is 7.19. The molecule has 0 saturated carbocycles. The largest absolute Gasteiger partial charge is 0.348 e. The van der Waals surface area contributed by atoms with Crippen LogP contribution in [0.2, 0.25) is 0 Å². The van der Waals surface area contributed by atoms with Crippen LogP contribution in [0.1, 0.15) is 28.4 Å². The second-order valence-corrected chi connectivity index (χ2v) is 6.79. The first-order valence-electron chi connectivity index (χ1n) is 8.96. The molecule has 3 aromatic rings. The average molecular weight is 361 g/mol. The van der Waals surface area contributed by atoms with Crippen molar-refractivity contribution in [2.75, 3.05) is 4.90 Å². The molecule has 1 amide bonds. The molecule has 1 N–H and O–H groups in total. The molecule has 27 heavy (non-hydrogen) atoms. The second-order valence-electron chi connectivity index (χ2n) is 6.79. The first-order valence-corrected chi connectivity index (χ1v) is 8.96. The van der Waals surface area contributed by atoms with Gasteiger partial charge in [0.25, 0.3) is 5.91 Å². The van der Waals surface area contributed by atoms with E-state index in [1.165, 1.54) is 17.7 Å². The Morgan fingerprint density at radius 2 is 1.96 bits per heavy atom. The number of fused-ring (bicyclic) bond motifs is 1. The number of hydrogen-bond acceptors (Lipinski definition) is 3. The number of pyridine rings is 1. The number of halogens is 1. The standard InChI is InChI=1S/C22H20FN3O/c1-15-10-17-4-2-3-5-21(17)26(15)20-11-18(13-24-14-20)22(27)25-12-16-6-8-19(23)9-7-16/h2-9,11,13-15H,10,12H2,1H3,(H,25,27). The first-order chi connectivity index (χ1) is 13.1. The average Bonchev–Trinajstić information content (AvgIpc) is 3.03. The van der Waals surface area contributed by atoms with Crippen molar-refractivity contribution in [3.63, 3.8) is 0 Å². The first kappa shape index (κ1) is 17.2. The lowest BCUT2D eigenvalue weighted by molar-refractivity contribution is 0.0950. The lowest BCUT2D eigenvalue weighted by Crippen LogP contribution is -2.26. The predicted molar refractivity (Wildman–Crippen MR) is 104 cm³/mol. The van der Waals surface area contributed by atoms with Crippen LogP contribution in [0.4, 0.5) is 15.8 Å². The Labute approximate surface area is 157 Å². The summed E-state index contributed by atoms with van der Waals surface area (Å²) < 4.78 is 13.0. The van der Waals surface area contributed by atoms with Crippen LogP contribution in [0.3, 0.4) is 0 Å². The van der Waals surface area contributed by atoms with Gasteiger partial charge < -0.3 is 10.2 Å². The van der Waals surface area contributed by atoms with Gasteiger partial charge in [0.2, 0.25) is 0 Å². The van der Waals surface area contributed by atoms with Crippen molar-refractivity contribution < 1.29 is 9.18 Å². The third-order valence-electron chi connectivity index (χ3n) is 4.84. The summed E-state index contributed by atoms with van der Waals surface area (Å²) in [6.07, 6.45) is 4.32. The van der Waals surface area contributed by atoms with Gasteiger partial charge in [0, 0.05) is 24.5 Å². The van der Waals surface area contributed by atoms with E-state index in [4.69, 9.17) is 0 Å². The van der Waals surface area contributed by atoms with Crippen LogP contribution >= 0.6 is 0 Å². The minimum absolute atomic E-state index is 0.200. The van der Waals surface area contributed by atoms with Gasteiger partial charge in [-0.1, -0.05) is 30.3 Å². The van der Waals surface area contributed by atoms with Crippen molar-refractivity contribution in [3.8, 4) is 0 Å². The third-order valence-corrected chi connectivity index (χ3v) is 4.84. The van der Waals surface area contributed by atoms with Crippen LogP contribution < -0.4 is 10.2 Å². The number of nitrogens with zero attached hydrogens (tertiary/aromatic N) is 2. The summed E-state index contributed by atoms with van der Waals surface area (Å²) in [5, 5.41) is 2.86. The molecule has 1 unspecified atom stereocenters. The molecule has 1 aromatic heterocycles. The maximum absolute atomic E-state index is 13.0. The van der Waals surface area contributed by atoms with Crippen LogP contribution in [0.15, 0.2) is 67.0 Å². The fourth-order valence-electron chi connectivity index (χ4n) is 3.53. The van der Waals surface area contributed by atoms with E-state index in [0.29, 0.717) is 18.2 Å². The van der Waals surface area contributed by atoms with E-state index in [2.05, 4.69) is 34.3 Å². The fourth-order valence-corrected chi connectivity index (χ4v) is 3.53. The smallest absolute Gasteiger partial charge is 0.253 e. The van der Waals surface area contributed by atoms with Crippen LogP contribution in [0.5, 0.6) is 0 Å². The number of carbonyl (C=O) groups is 1. The normalized spacial score (nSPS) is 15.5. The minimum Gasteiger partial charge on any atom is -0.348 e. The molecule has 0 spiro atoms. The van der Waals surface area contributed by atoms with Gasteiger partial charge >= 0.3 is 0 Å². The number of rotatable bonds is 4. The predicted octanol–water partition coefficient (Wildman–Crippen LogP) is 4.23. The van der Waals surface area contributed by atoms with Gasteiger partial charge in [-0.25, -0.2) is 4.39 Å². The number of hydrogen-bond donors (Lipinski definition) is 1. The summed E-state index contributed by atoms with van der Waals surface area (Å²) in [5.74, 6) is -0.490. The Balaban J connectivity index is 1.52. The summed E-state index contributed by atoms with van der Waals surface area (Å²) in [5.41, 5.74) is 4.72. The lowest BCUT2D eigenvalue weighted by Gasteiger charge is -2.25. The van der Waals surface area contributed by atoms with E-state index < -0.39 is 0 Å². The molecule has 136 valence electrons. The van der Waals surface area contributed by atoms with Gasteiger partial charge in [-0.15, -0.1) is 0 Å². The van der Waals surface area contributed by atoms with Gasteiger partial charge in [0.05, 0.1) is 17.4 Å². The zero-order valence-corrected chi connectivity index (χ0v) is 15.0. The Bertz CT molecular complexity index is 971. The summed E-state index contributed by atoms with van der Waals surface area (Å²) in [7, 11) is 0.